The van der Waals surface area contributed by atoms with E-state index in [1.165, 1.54) is 19.2 Å². The summed E-state index contributed by atoms with van der Waals surface area (Å²) < 4.78 is 30.5. The molecule has 0 unspecified atom stereocenters. The summed E-state index contributed by atoms with van der Waals surface area (Å²) in [6, 6.07) is 15.2. The minimum absolute atomic E-state index is 0.00227. The molecule has 0 saturated heterocycles. The van der Waals surface area contributed by atoms with Gasteiger partial charge in [-0.05, 0) is 24.3 Å². The zero-order valence-corrected chi connectivity index (χ0v) is 12.0. The molecule has 0 aliphatic rings. The highest BCUT2D eigenvalue weighted by Crippen LogP contribution is 2.27. The van der Waals surface area contributed by atoms with Crippen LogP contribution in [0.25, 0.3) is 11.0 Å². The molecule has 0 atom stereocenters. The molecule has 3 rings (SSSR count). The summed E-state index contributed by atoms with van der Waals surface area (Å²) in [5.41, 5.74) is 1.09. The van der Waals surface area contributed by atoms with E-state index in [-0.39, 0.29) is 15.8 Å². The van der Waals surface area contributed by atoms with Gasteiger partial charge in [-0.15, -0.1) is 0 Å². The van der Waals surface area contributed by atoms with Crippen LogP contribution in [0.4, 0.5) is 0 Å². The van der Waals surface area contributed by atoms with E-state index in [2.05, 4.69) is 9.97 Å². The quantitative estimate of drug-likeness (QED) is 0.743. The molecule has 21 heavy (non-hydrogen) atoms. The maximum atomic E-state index is 12.7. The van der Waals surface area contributed by atoms with E-state index in [0.29, 0.717) is 11.0 Å². The van der Waals surface area contributed by atoms with Crippen LogP contribution < -0.4 is 4.74 Å². The van der Waals surface area contributed by atoms with Gasteiger partial charge >= 0.3 is 0 Å². The summed E-state index contributed by atoms with van der Waals surface area (Å²) in [6.07, 6.45) is 0. The molecule has 1 heterocycles. The maximum absolute atomic E-state index is 12.7. The van der Waals surface area contributed by atoms with Crippen molar-refractivity contribution in [3.8, 4) is 5.88 Å². The molecule has 1 aromatic heterocycles. The van der Waals surface area contributed by atoms with Crippen molar-refractivity contribution in [3.05, 3.63) is 54.6 Å². The molecule has 0 aliphatic heterocycles. The Morgan fingerprint density at radius 3 is 2.05 bits per heavy atom. The minimum Gasteiger partial charge on any atom is -0.479 e. The highest BCUT2D eigenvalue weighted by atomic mass is 32.2. The third-order valence-electron chi connectivity index (χ3n) is 3.01. The Morgan fingerprint density at radius 1 is 0.857 bits per heavy atom. The standard InChI is InChI=1S/C15H12N2O3S/c1-20-14-15(17-13-10-6-5-9-12(13)16-14)21(18,19)11-7-3-2-4-8-11/h2-10H,1H3. The molecule has 0 fully saturated rings. The van der Waals surface area contributed by atoms with Gasteiger partial charge in [-0.2, -0.15) is 0 Å². The minimum atomic E-state index is -3.77. The van der Waals surface area contributed by atoms with Crippen LogP contribution in [0.3, 0.4) is 0 Å². The SMILES string of the molecule is COc1nc2ccccc2nc1S(=O)(=O)c1ccccc1. The molecule has 0 amide bonds. The van der Waals surface area contributed by atoms with Crippen LogP contribution in [0.15, 0.2) is 64.5 Å². The van der Waals surface area contributed by atoms with E-state index in [9.17, 15) is 8.42 Å². The second-order valence-corrected chi connectivity index (χ2v) is 6.21. The van der Waals surface area contributed by atoms with Crippen LogP contribution in [-0.2, 0) is 9.84 Å². The third-order valence-corrected chi connectivity index (χ3v) is 4.68. The molecule has 0 aliphatic carbocycles. The summed E-state index contributed by atoms with van der Waals surface area (Å²) in [6.45, 7) is 0. The van der Waals surface area contributed by atoms with Crippen LogP contribution in [-0.4, -0.2) is 25.5 Å². The number of nitrogens with zero attached hydrogens (tertiary/aromatic N) is 2. The molecule has 0 spiro atoms. The van der Waals surface area contributed by atoms with Crippen molar-refractivity contribution in [3.63, 3.8) is 0 Å². The van der Waals surface area contributed by atoms with Crippen molar-refractivity contribution < 1.29 is 13.2 Å². The Kier molecular flexibility index (Phi) is 3.31. The van der Waals surface area contributed by atoms with Crippen molar-refractivity contribution in [2.45, 2.75) is 9.92 Å². The molecular weight excluding hydrogens is 288 g/mol. The normalized spacial score (nSPS) is 11.5. The Labute approximate surface area is 122 Å². The lowest BCUT2D eigenvalue weighted by Crippen LogP contribution is -2.08. The molecule has 0 N–H and O–H groups in total. The Morgan fingerprint density at radius 2 is 1.43 bits per heavy atom. The first-order valence-electron chi connectivity index (χ1n) is 6.24. The molecule has 0 radical (unpaired) electrons. The van der Waals surface area contributed by atoms with E-state index < -0.39 is 9.84 Å². The van der Waals surface area contributed by atoms with Crippen LogP contribution in [0.5, 0.6) is 5.88 Å². The van der Waals surface area contributed by atoms with Crippen LogP contribution >= 0.6 is 0 Å². The van der Waals surface area contributed by atoms with Gasteiger partial charge in [0.25, 0.3) is 5.88 Å². The maximum Gasteiger partial charge on any atom is 0.252 e. The molecular formula is C15H12N2O3S. The van der Waals surface area contributed by atoms with Crippen molar-refractivity contribution in [1.82, 2.24) is 9.97 Å². The molecule has 3 aromatic rings. The first-order chi connectivity index (χ1) is 10.1. The van der Waals surface area contributed by atoms with Gasteiger partial charge in [-0.1, -0.05) is 30.3 Å². The molecule has 0 bridgehead atoms. The van der Waals surface area contributed by atoms with E-state index in [1.54, 1.807) is 36.4 Å². The average Bonchev–Trinajstić information content (AvgIpc) is 2.54. The fourth-order valence-electron chi connectivity index (χ4n) is 1.99. The van der Waals surface area contributed by atoms with Crippen molar-refractivity contribution in [2.75, 3.05) is 7.11 Å². The van der Waals surface area contributed by atoms with Gasteiger partial charge in [0, 0.05) is 0 Å². The fraction of sp³-hybridized carbons (Fsp3) is 0.0667. The van der Waals surface area contributed by atoms with Gasteiger partial charge in [-0.25, -0.2) is 18.4 Å². The van der Waals surface area contributed by atoms with E-state index in [1.807, 2.05) is 6.07 Å². The topological polar surface area (TPSA) is 69.2 Å². The monoisotopic (exact) mass is 300 g/mol. The smallest absolute Gasteiger partial charge is 0.252 e. The van der Waals surface area contributed by atoms with E-state index in [0.717, 1.165) is 0 Å². The number of fused-ring (bicyclic) bond motifs is 1. The second kappa shape index (κ2) is 5.14. The fourth-order valence-corrected chi connectivity index (χ4v) is 3.30. The predicted octanol–water partition coefficient (Wildman–Crippen LogP) is 2.47. The number of para-hydroxylation sites is 2. The molecule has 2 aromatic carbocycles. The first-order valence-corrected chi connectivity index (χ1v) is 7.72. The molecule has 0 saturated carbocycles. The Hall–Kier alpha value is -2.47. The van der Waals surface area contributed by atoms with E-state index in [4.69, 9.17) is 4.74 Å². The largest absolute Gasteiger partial charge is 0.479 e. The summed E-state index contributed by atoms with van der Waals surface area (Å²) in [4.78, 5) is 8.60. The summed E-state index contributed by atoms with van der Waals surface area (Å²) >= 11 is 0. The highest BCUT2D eigenvalue weighted by molar-refractivity contribution is 7.91. The summed E-state index contributed by atoms with van der Waals surface area (Å²) in [5, 5.41) is -0.171. The van der Waals surface area contributed by atoms with Gasteiger partial charge in [0.2, 0.25) is 14.9 Å². The first kappa shape index (κ1) is 13.5. The van der Waals surface area contributed by atoms with Crippen LogP contribution in [0.1, 0.15) is 0 Å². The molecule has 106 valence electrons. The van der Waals surface area contributed by atoms with Gasteiger partial charge < -0.3 is 4.74 Å². The zero-order valence-electron chi connectivity index (χ0n) is 11.2. The number of rotatable bonds is 3. The number of hydrogen-bond donors (Lipinski definition) is 0. The van der Waals surface area contributed by atoms with Crippen LogP contribution in [0, 0.1) is 0 Å². The number of aromatic nitrogens is 2. The van der Waals surface area contributed by atoms with Gasteiger partial charge in [0.15, 0.2) is 0 Å². The third kappa shape index (κ3) is 2.34. The number of hydrogen-bond acceptors (Lipinski definition) is 5. The Bertz CT molecular complexity index is 893. The second-order valence-electron chi connectivity index (χ2n) is 4.34. The number of sulfone groups is 1. The highest BCUT2D eigenvalue weighted by Gasteiger charge is 2.25. The van der Waals surface area contributed by atoms with Gasteiger partial charge in [-0.3, -0.25) is 0 Å². The molecule has 5 nitrogen and oxygen atoms in total. The van der Waals surface area contributed by atoms with Crippen LogP contribution in [0.2, 0.25) is 0 Å². The van der Waals surface area contributed by atoms with Gasteiger partial charge in [0.05, 0.1) is 23.0 Å². The predicted molar refractivity (Wildman–Crippen MR) is 78.0 cm³/mol. The molecule has 6 heteroatoms. The lowest BCUT2D eigenvalue weighted by atomic mass is 10.3. The van der Waals surface area contributed by atoms with Gasteiger partial charge in [0.1, 0.15) is 0 Å². The number of benzene rings is 2. The number of methoxy groups -OCH3 is 1. The Balaban J connectivity index is 2.29. The lowest BCUT2D eigenvalue weighted by Gasteiger charge is -2.09. The van der Waals surface area contributed by atoms with E-state index >= 15 is 0 Å². The average molecular weight is 300 g/mol. The summed E-state index contributed by atoms with van der Waals surface area (Å²) in [7, 11) is -2.39. The lowest BCUT2D eigenvalue weighted by molar-refractivity contribution is 0.382. The number of ether oxygens (including phenoxy) is 1. The zero-order chi connectivity index (χ0) is 14.9. The van der Waals surface area contributed by atoms with Crippen molar-refractivity contribution >= 4 is 20.9 Å². The van der Waals surface area contributed by atoms with Crippen molar-refractivity contribution in [2.24, 2.45) is 0 Å². The summed E-state index contributed by atoms with van der Waals surface area (Å²) in [5.74, 6) is -0.00227. The van der Waals surface area contributed by atoms with Crippen molar-refractivity contribution in [1.29, 1.82) is 0 Å².